The molecular weight excluding hydrogens is 458 g/mol. The average molecular weight is 468 g/mol. The lowest BCUT2D eigenvalue weighted by Crippen LogP contribution is -2.22. The van der Waals surface area contributed by atoms with Gasteiger partial charge in [-0.15, -0.1) is 0 Å². The Morgan fingerprint density at radius 1 is 1.24 bits per heavy atom. The van der Waals surface area contributed by atoms with Gasteiger partial charge in [-0.2, -0.15) is 0 Å². The minimum absolute atomic E-state index is 0.149. The highest BCUT2D eigenvalue weighted by Gasteiger charge is 2.15. The lowest BCUT2D eigenvalue weighted by molar-refractivity contribution is 0.0697. The summed E-state index contributed by atoms with van der Waals surface area (Å²) in [5, 5.41) is 9.36. The molecule has 0 bridgehead atoms. The van der Waals surface area contributed by atoms with E-state index in [0.29, 0.717) is 37.7 Å². The first-order valence-electron chi connectivity index (χ1n) is 8.42. The number of fused-ring (bicyclic) bond motifs is 3. The maximum atomic E-state index is 12.8. The molecule has 9 heteroatoms. The predicted molar refractivity (Wildman–Crippen MR) is 112 cm³/mol. The van der Waals surface area contributed by atoms with Gasteiger partial charge in [-0.05, 0) is 40.2 Å². The fraction of sp³-hybridized carbons (Fsp3) is 0. The number of carboxylic acid groups (broad SMARTS) is 1. The molecule has 0 spiro atoms. The highest BCUT2D eigenvalue weighted by atomic mass is 79.9. The number of hydrogen-bond acceptors (Lipinski definition) is 6. The smallest absolute Gasteiger partial charge is 0.336 e. The van der Waals surface area contributed by atoms with Crippen LogP contribution in [0.5, 0.6) is 0 Å². The molecule has 0 aliphatic carbocycles. The van der Waals surface area contributed by atoms with Crippen molar-refractivity contribution in [3.63, 3.8) is 0 Å². The Kier molecular flexibility index (Phi) is 4.07. The van der Waals surface area contributed by atoms with Crippen LogP contribution < -0.4 is 10.1 Å². The summed E-state index contributed by atoms with van der Waals surface area (Å²) >= 11 is 4.59. The summed E-state index contributed by atoms with van der Waals surface area (Å²) in [5.74, 6) is -0.170. The van der Waals surface area contributed by atoms with Gasteiger partial charge in [0.15, 0.2) is 10.6 Å². The van der Waals surface area contributed by atoms with Crippen molar-refractivity contribution in [3.05, 3.63) is 79.3 Å². The third kappa shape index (κ3) is 2.95. The number of imidazole rings is 1. The number of furan rings is 1. The molecule has 5 rings (SSSR count). The number of carboxylic acids is 1. The second-order valence-corrected chi connectivity index (χ2v) is 8.12. The molecular formula is C20H10BrN3O4S. The molecule has 0 aliphatic heterocycles. The molecule has 29 heavy (non-hydrogen) atoms. The molecule has 1 aromatic carbocycles. The van der Waals surface area contributed by atoms with E-state index in [1.54, 1.807) is 42.6 Å². The molecule has 1 N–H and O–H groups in total. The molecule has 5 aromatic rings. The van der Waals surface area contributed by atoms with Gasteiger partial charge in [-0.1, -0.05) is 29.5 Å². The molecule has 4 aromatic heterocycles. The maximum Gasteiger partial charge on any atom is 0.336 e. The van der Waals surface area contributed by atoms with Crippen LogP contribution in [0.3, 0.4) is 0 Å². The summed E-state index contributed by atoms with van der Waals surface area (Å²) in [6.45, 7) is 0. The van der Waals surface area contributed by atoms with Crippen molar-refractivity contribution in [2.24, 2.45) is 0 Å². The number of pyridine rings is 1. The third-order valence-corrected chi connectivity index (χ3v) is 5.77. The molecule has 0 saturated carbocycles. The van der Waals surface area contributed by atoms with E-state index in [9.17, 15) is 14.7 Å². The molecule has 0 unspecified atom stereocenters. The van der Waals surface area contributed by atoms with E-state index in [1.165, 1.54) is 21.8 Å². The first kappa shape index (κ1) is 17.8. The lowest BCUT2D eigenvalue weighted by Gasteiger charge is -2.01. The van der Waals surface area contributed by atoms with Gasteiger partial charge in [-0.25, -0.2) is 19.2 Å². The van der Waals surface area contributed by atoms with E-state index in [2.05, 4.69) is 25.9 Å². The van der Waals surface area contributed by atoms with Crippen LogP contribution in [0, 0.1) is 0 Å². The van der Waals surface area contributed by atoms with E-state index in [-0.39, 0.29) is 11.1 Å². The standard InChI is InChI=1S/C20H10BrN3O4S/c21-10-7-14-17(22-9-10)24-18(25)16(29-20(24)23-14)8-11-5-6-15(28-11)12-3-1-2-4-13(12)19(26)27/h1-9H,(H,26,27). The van der Waals surface area contributed by atoms with Crippen molar-refractivity contribution < 1.29 is 14.3 Å². The van der Waals surface area contributed by atoms with Crippen molar-refractivity contribution in [3.8, 4) is 11.3 Å². The van der Waals surface area contributed by atoms with Crippen LogP contribution in [0.1, 0.15) is 16.1 Å². The molecule has 0 saturated heterocycles. The first-order valence-corrected chi connectivity index (χ1v) is 10.0. The van der Waals surface area contributed by atoms with Crippen molar-refractivity contribution in [1.29, 1.82) is 0 Å². The van der Waals surface area contributed by atoms with Gasteiger partial charge in [0, 0.05) is 22.3 Å². The van der Waals surface area contributed by atoms with Gasteiger partial charge in [0.1, 0.15) is 21.6 Å². The van der Waals surface area contributed by atoms with Crippen LogP contribution in [0.2, 0.25) is 0 Å². The third-order valence-electron chi connectivity index (χ3n) is 4.37. The number of nitrogens with zero attached hydrogens (tertiary/aromatic N) is 3. The molecule has 142 valence electrons. The molecule has 0 fully saturated rings. The number of hydrogen-bond donors (Lipinski definition) is 1. The predicted octanol–water partition coefficient (Wildman–Crippen LogP) is 3.57. The lowest BCUT2D eigenvalue weighted by atomic mass is 10.1. The number of aromatic nitrogens is 3. The van der Waals surface area contributed by atoms with Crippen LogP contribution in [0.15, 0.2) is 62.3 Å². The van der Waals surface area contributed by atoms with Crippen LogP contribution in [0.25, 0.3) is 33.5 Å². The Hall–Kier alpha value is -3.30. The van der Waals surface area contributed by atoms with Gasteiger partial charge in [0.05, 0.1) is 5.56 Å². The van der Waals surface area contributed by atoms with Crippen molar-refractivity contribution in [2.45, 2.75) is 0 Å². The second kappa shape index (κ2) is 6.64. The molecule has 0 atom stereocenters. The number of benzene rings is 1. The highest BCUT2D eigenvalue weighted by molar-refractivity contribution is 9.10. The van der Waals surface area contributed by atoms with Crippen molar-refractivity contribution in [2.75, 3.05) is 0 Å². The quantitative estimate of drug-likeness (QED) is 0.435. The van der Waals surface area contributed by atoms with Crippen LogP contribution in [-0.2, 0) is 0 Å². The van der Waals surface area contributed by atoms with Gasteiger partial charge in [0.25, 0.3) is 5.56 Å². The zero-order valence-corrected chi connectivity index (χ0v) is 16.9. The van der Waals surface area contributed by atoms with E-state index < -0.39 is 5.97 Å². The first-order chi connectivity index (χ1) is 14.0. The summed E-state index contributed by atoms with van der Waals surface area (Å²) in [6.07, 6.45) is 3.24. The van der Waals surface area contributed by atoms with Crippen molar-refractivity contribution in [1.82, 2.24) is 14.4 Å². The van der Waals surface area contributed by atoms with Gasteiger partial charge < -0.3 is 9.52 Å². The molecule has 7 nitrogen and oxygen atoms in total. The Labute approximate surface area is 174 Å². The number of carbonyl (C=O) groups is 1. The van der Waals surface area contributed by atoms with Gasteiger partial charge in [-0.3, -0.25) is 4.79 Å². The topological polar surface area (TPSA) is 97.7 Å². The summed E-state index contributed by atoms with van der Waals surface area (Å²) in [7, 11) is 0. The highest BCUT2D eigenvalue weighted by Crippen LogP contribution is 2.26. The number of rotatable bonds is 3. The summed E-state index contributed by atoms with van der Waals surface area (Å²) in [5.41, 5.74) is 1.53. The average Bonchev–Trinajstić information content (AvgIpc) is 3.37. The zero-order valence-electron chi connectivity index (χ0n) is 14.5. The van der Waals surface area contributed by atoms with E-state index in [0.717, 1.165) is 4.47 Å². The molecule has 0 aliphatic rings. The summed E-state index contributed by atoms with van der Waals surface area (Å²) in [6, 6.07) is 11.8. The van der Waals surface area contributed by atoms with E-state index in [4.69, 9.17) is 4.42 Å². The number of thiazole rings is 1. The number of halogens is 1. The maximum absolute atomic E-state index is 12.8. The monoisotopic (exact) mass is 467 g/mol. The number of aromatic carboxylic acids is 1. The normalized spacial score (nSPS) is 12.2. The Balaban J connectivity index is 1.62. The summed E-state index contributed by atoms with van der Waals surface area (Å²) < 4.78 is 8.51. The fourth-order valence-electron chi connectivity index (χ4n) is 3.10. The Morgan fingerprint density at radius 3 is 2.90 bits per heavy atom. The molecule has 4 heterocycles. The van der Waals surface area contributed by atoms with E-state index in [1.807, 2.05) is 6.07 Å². The summed E-state index contributed by atoms with van der Waals surface area (Å²) in [4.78, 5) is 33.6. The minimum Gasteiger partial charge on any atom is -0.478 e. The molecule has 0 amide bonds. The van der Waals surface area contributed by atoms with E-state index >= 15 is 0 Å². The fourth-order valence-corrected chi connectivity index (χ4v) is 4.38. The Bertz CT molecular complexity index is 1530. The van der Waals surface area contributed by atoms with Crippen LogP contribution in [-0.4, -0.2) is 25.4 Å². The van der Waals surface area contributed by atoms with Crippen molar-refractivity contribution >= 4 is 55.4 Å². The Morgan fingerprint density at radius 2 is 2.07 bits per heavy atom. The second-order valence-electron chi connectivity index (χ2n) is 6.19. The van der Waals surface area contributed by atoms with Crippen LogP contribution in [0.4, 0.5) is 0 Å². The largest absolute Gasteiger partial charge is 0.478 e. The van der Waals surface area contributed by atoms with Gasteiger partial charge >= 0.3 is 5.97 Å². The SMILES string of the molecule is O=C(O)c1ccccc1-c1ccc(C=c2sc3nc4cc(Br)cnc4n3c2=O)o1. The molecule has 0 radical (unpaired) electrons. The minimum atomic E-state index is -1.03. The zero-order chi connectivity index (χ0) is 20.1. The van der Waals surface area contributed by atoms with Crippen LogP contribution >= 0.6 is 27.3 Å². The van der Waals surface area contributed by atoms with Gasteiger partial charge in [0.2, 0.25) is 0 Å².